The molecule has 0 aromatic carbocycles. The fourth-order valence-corrected chi connectivity index (χ4v) is 2.22. The van der Waals surface area contributed by atoms with Crippen LogP contribution in [0.4, 0.5) is 0 Å². The van der Waals surface area contributed by atoms with Gasteiger partial charge in [-0.15, -0.1) is 23.1 Å². The third-order valence-corrected chi connectivity index (χ3v) is 3.45. The van der Waals surface area contributed by atoms with Gasteiger partial charge in [-0.05, 0) is 6.92 Å². The van der Waals surface area contributed by atoms with E-state index in [1.54, 1.807) is 0 Å². The highest BCUT2D eigenvalue weighted by atomic mass is 32.2. The molecule has 2 N–H and O–H groups in total. The summed E-state index contributed by atoms with van der Waals surface area (Å²) in [4.78, 5) is 25.7. The highest BCUT2D eigenvalue weighted by molar-refractivity contribution is 8.00. The third kappa shape index (κ3) is 5.13. The molecule has 0 aliphatic heterocycles. The first-order valence-electron chi connectivity index (χ1n) is 4.55. The zero-order valence-electron chi connectivity index (χ0n) is 8.73. The number of carboxylic acids is 1. The monoisotopic (exact) mass is 260 g/mol. The van der Waals surface area contributed by atoms with Gasteiger partial charge >= 0.3 is 5.97 Å². The quantitative estimate of drug-likeness (QED) is 0.794. The minimum atomic E-state index is -0.909. The zero-order chi connectivity index (χ0) is 12.0. The van der Waals surface area contributed by atoms with E-state index in [2.05, 4.69) is 10.3 Å². The second kappa shape index (κ2) is 6.49. The van der Waals surface area contributed by atoms with Crippen LogP contribution in [0.15, 0.2) is 5.38 Å². The summed E-state index contributed by atoms with van der Waals surface area (Å²) < 4.78 is 0. The molecule has 88 valence electrons. The number of aromatic nitrogens is 1. The lowest BCUT2D eigenvalue weighted by molar-refractivity contribution is -0.133. The van der Waals surface area contributed by atoms with Crippen LogP contribution in [0, 0.1) is 6.92 Å². The van der Waals surface area contributed by atoms with E-state index in [0.29, 0.717) is 6.54 Å². The number of nitrogens with one attached hydrogen (secondary N) is 1. The van der Waals surface area contributed by atoms with Gasteiger partial charge in [0.1, 0.15) is 5.01 Å². The van der Waals surface area contributed by atoms with Crippen molar-refractivity contribution in [2.24, 2.45) is 0 Å². The van der Waals surface area contributed by atoms with E-state index in [-0.39, 0.29) is 17.4 Å². The number of rotatable bonds is 6. The van der Waals surface area contributed by atoms with E-state index >= 15 is 0 Å². The van der Waals surface area contributed by atoms with Gasteiger partial charge in [-0.25, -0.2) is 4.98 Å². The molecule has 7 heteroatoms. The topological polar surface area (TPSA) is 79.3 Å². The smallest absolute Gasteiger partial charge is 0.313 e. The largest absolute Gasteiger partial charge is 0.481 e. The highest BCUT2D eigenvalue weighted by Gasteiger charge is 2.05. The highest BCUT2D eigenvalue weighted by Crippen LogP contribution is 2.08. The molecule has 1 aromatic heterocycles. The molecule has 1 aromatic rings. The minimum Gasteiger partial charge on any atom is -0.481 e. The van der Waals surface area contributed by atoms with Crippen molar-refractivity contribution in [2.45, 2.75) is 13.5 Å². The molecule has 0 unspecified atom stereocenters. The fourth-order valence-electron chi connectivity index (χ4n) is 0.940. The van der Waals surface area contributed by atoms with E-state index in [1.807, 2.05) is 12.3 Å². The minimum absolute atomic E-state index is 0.0518. The maximum Gasteiger partial charge on any atom is 0.313 e. The van der Waals surface area contributed by atoms with E-state index in [9.17, 15) is 9.59 Å². The van der Waals surface area contributed by atoms with E-state index in [4.69, 9.17) is 5.11 Å². The van der Waals surface area contributed by atoms with Crippen LogP contribution < -0.4 is 5.32 Å². The molecule has 1 amide bonds. The molecule has 0 saturated carbocycles. The fraction of sp³-hybridized carbons (Fsp3) is 0.444. The number of carboxylic acid groups (broad SMARTS) is 1. The second-order valence-corrected chi connectivity index (χ2v) is 4.97. The van der Waals surface area contributed by atoms with Crippen LogP contribution in [0.5, 0.6) is 0 Å². The van der Waals surface area contributed by atoms with Gasteiger partial charge in [0.25, 0.3) is 0 Å². The second-order valence-electron chi connectivity index (χ2n) is 3.05. The Morgan fingerprint density at radius 2 is 2.31 bits per heavy atom. The first-order chi connectivity index (χ1) is 7.58. The van der Waals surface area contributed by atoms with Crippen molar-refractivity contribution in [1.82, 2.24) is 10.3 Å². The van der Waals surface area contributed by atoms with Crippen molar-refractivity contribution in [2.75, 3.05) is 11.5 Å². The lowest BCUT2D eigenvalue weighted by Crippen LogP contribution is -2.25. The molecular weight excluding hydrogens is 248 g/mol. The number of hydrogen-bond acceptors (Lipinski definition) is 5. The molecule has 0 spiro atoms. The maximum absolute atomic E-state index is 11.3. The number of nitrogens with zero attached hydrogens (tertiary/aromatic N) is 1. The normalized spacial score (nSPS) is 10.1. The summed E-state index contributed by atoms with van der Waals surface area (Å²) in [6.07, 6.45) is 0. The van der Waals surface area contributed by atoms with Gasteiger partial charge < -0.3 is 10.4 Å². The summed E-state index contributed by atoms with van der Waals surface area (Å²) in [5.41, 5.74) is 0.939. The molecule has 0 fully saturated rings. The summed E-state index contributed by atoms with van der Waals surface area (Å²) in [6.45, 7) is 2.30. The average Bonchev–Trinajstić information content (AvgIpc) is 2.61. The standard InChI is InChI=1S/C9H12N2O3S2/c1-6-3-16-8(11-6)2-10-7(12)4-15-5-9(13)14/h3H,2,4-5H2,1H3,(H,10,12)(H,13,14). The molecule has 16 heavy (non-hydrogen) atoms. The van der Waals surface area contributed by atoms with Crippen molar-refractivity contribution < 1.29 is 14.7 Å². The summed E-state index contributed by atoms with van der Waals surface area (Å²) in [7, 11) is 0. The van der Waals surface area contributed by atoms with Crippen molar-refractivity contribution >= 4 is 35.0 Å². The number of carbonyl (C=O) groups is 2. The molecule has 0 radical (unpaired) electrons. The van der Waals surface area contributed by atoms with Crippen LogP contribution in [0.1, 0.15) is 10.7 Å². The number of aryl methyl sites for hydroxylation is 1. The van der Waals surface area contributed by atoms with Crippen LogP contribution in [0.3, 0.4) is 0 Å². The Morgan fingerprint density at radius 3 is 2.88 bits per heavy atom. The number of aliphatic carboxylic acids is 1. The Balaban J connectivity index is 2.17. The SMILES string of the molecule is Cc1csc(CNC(=O)CSCC(=O)O)n1. The molecule has 0 atom stereocenters. The number of thiazole rings is 1. The number of amides is 1. The van der Waals surface area contributed by atoms with Gasteiger partial charge in [0.15, 0.2) is 0 Å². The molecule has 0 saturated heterocycles. The van der Waals surface area contributed by atoms with Crippen molar-refractivity contribution in [1.29, 1.82) is 0 Å². The predicted octanol–water partition coefficient (Wildman–Crippen LogP) is 0.886. The molecule has 0 bridgehead atoms. The van der Waals surface area contributed by atoms with Gasteiger partial charge in [-0.3, -0.25) is 9.59 Å². The van der Waals surface area contributed by atoms with Crippen LogP contribution in [-0.4, -0.2) is 33.5 Å². The van der Waals surface area contributed by atoms with Gasteiger partial charge in [0.05, 0.1) is 18.1 Å². The number of hydrogen-bond donors (Lipinski definition) is 2. The Hall–Kier alpha value is -1.08. The third-order valence-electron chi connectivity index (χ3n) is 1.56. The molecular formula is C9H12N2O3S2. The number of carbonyl (C=O) groups excluding carboxylic acids is 1. The Labute approximate surface area is 101 Å². The van der Waals surface area contributed by atoms with Crippen LogP contribution in [-0.2, 0) is 16.1 Å². The van der Waals surface area contributed by atoms with Gasteiger partial charge in [0, 0.05) is 11.1 Å². The first kappa shape index (κ1) is 13.0. The lowest BCUT2D eigenvalue weighted by Gasteiger charge is -2.01. The molecule has 1 rings (SSSR count). The average molecular weight is 260 g/mol. The summed E-state index contributed by atoms with van der Waals surface area (Å²) in [6, 6.07) is 0. The van der Waals surface area contributed by atoms with Crippen LogP contribution in [0.25, 0.3) is 0 Å². The van der Waals surface area contributed by atoms with E-state index in [0.717, 1.165) is 22.5 Å². The van der Waals surface area contributed by atoms with Gasteiger partial charge in [0.2, 0.25) is 5.91 Å². The van der Waals surface area contributed by atoms with Crippen LogP contribution in [0.2, 0.25) is 0 Å². The Bertz CT molecular complexity index is 379. The lowest BCUT2D eigenvalue weighted by atomic mass is 10.5. The Kier molecular flexibility index (Phi) is 5.27. The van der Waals surface area contributed by atoms with E-state index < -0.39 is 5.97 Å². The van der Waals surface area contributed by atoms with Gasteiger partial charge in [-0.2, -0.15) is 0 Å². The predicted molar refractivity (Wildman–Crippen MR) is 63.7 cm³/mol. The molecule has 5 nitrogen and oxygen atoms in total. The van der Waals surface area contributed by atoms with Crippen molar-refractivity contribution in [3.8, 4) is 0 Å². The zero-order valence-corrected chi connectivity index (χ0v) is 10.4. The summed E-state index contributed by atoms with van der Waals surface area (Å²) >= 11 is 2.57. The molecule has 0 aliphatic rings. The molecule has 0 aliphatic carbocycles. The summed E-state index contributed by atoms with van der Waals surface area (Å²) in [5.74, 6) is -0.965. The first-order valence-corrected chi connectivity index (χ1v) is 6.58. The molecule has 1 heterocycles. The summed E-state index contributed by atoms with van der Waals surface area (Å²) in [5, 5.41) is 13.8. The van der Waals surface area contributed by atoms with Crippen molar-refractivity contribution in [3.63, 3.8) is 0 Å². The number of thioether (sulfide) groups is 1. The van der Waals surface area contributed by atoms with Crippen molar-refractivity contribution in [3.05, 3.63) is 16.1 Å². The van der Waals surface area contributed by atoms with Crippen LogP contribution >= 0.6 is 23.1 Å². The van der Waals surface area contributed by atoms with Gasteiger partial charge in [-0.1, -0.05) is 0 Å². The van der Waals surface area contributed by atoms with E-state index in [1.165, 1.54) is 11.3 Å². The Morgan fingerprint density at radius 1 is 1.56 bits per heavy atom. The maximum atomic E-state index is 11.3.